The number of hydrogen-bond donors (Lipinski definition) is 1. The van der Waals surface area contributed by atoms with Crippen molar-refractivity contribution in [3.63, 3.8) is 0 Å². The van der Waals surface area contributed by atoms with Crippen molar-refractivity contribution in [2.45, 2.75) is 51.7 Å². The number of nitrogens with one attached hydrogen (secondary N) is 1. The fourth-order valence-corrected chi connectivity index (χ4v) is 3.02. The van der Waals surface area contributed by atoms with Crippen LogP contribution in [0.1, 0.15) is 39.5 Å². The van der Waals surface area contributed by atoms with E-state index in [4.69, 9.17) is 4.74 Å². The lowest BCUT2D eigenvalue weighted by Crippen LogP contribution is -2.49. The minimum Gasteiger partial charge on any atom is -0.376 e. The zero-order valence-electron chi connectivity index (χ0n) is 11.7. The van der Waals surface area contributed by atoms with Gasteiger partial charge in [0.15, 0.2) is 0 Å². The first-order valence-electron chi connectivity index (χ1n) is 7.28. The molecule has 2 fully saturated rings. The van der Waals surface area contributed by atoms with E-state index in [0.29, 0.717) is 18.5 Å². The van der Waals surface area contributed by atoms with E-state index >= 15 is 0 Å². The van der Waals surface area contributed by atoms with E-state index in [1.165, 1.54) is 19.3 Å². The lowest BCUT2D eigenvalue weighted by atomic mass is 9.86. The maximum absolute atomic E-state index is 12.0. The quantitative estimate of drug-likeness (QED) is 0.828. The van der Waals surface area contributed by atoms with Crippen LogP contribution in [0.15, 0.2) is 0 Å². The summed E-state index contributed by atoms with van der Waals surface area (Å²) >= 11 is 0. The molecule has 4 nitrogen and oxygen atoms in total. The number of amides is 1. The van der Waals surface area contributed by atoms with Gasteiger partial charge in [-0.3, -0.25) is 9.69 Å². The van der Waals surface area contributed by atoms with Crippen LogP contribution >= 0.6 is 0 Å². The Kier molecular flexibility index (Phi) is 5.01. The van der Waals surface area contributed by atoms with Gasteiger partial charge in [-0.1, -0.05) is 19.8 Å². The number of morpholine rings is 1. The van der Waals surface area contributed by atoms with Crippen molar-refractivity contribution < 1.29 is 9.53 Å². The van der Waals surface area contributed by atoms with Crippen molar-refractivity contribution in [3.05, 3.63) is 0 Å². The molecule has 0 aromatic heterocycles. The molecule has 1 amide bonds. The van der Waals surface area contributed by atoms with Crippen molar-refractivity contribution in [3.8, 4) is 0 Å². The molecule has 0 radical (unpaired) electrons. The highest BCUT2D eigenvalue weighted by molar-refractivity contribution is 5.78. The molecule has 1 aliphatic heterocycles. The van der Waals surface area contributed by atoms with E-state index in [9.17, 15) is 4.79 Å². The van der Waals surface area contributed by atoms with Gasteiger partial charge in [-0.15, -0.1) is 0 Å². The van der Waals surface area contributed by atoms with Crippen molar-refractivity contribution in [1.82, 2.24) is 10.2 Å². The standard InChI is InChI=1S/C14H26N2O2/c1-11-5-3-4-6-13(11)15-14(17)10-16-7-8-18-12(2)9-16/h11-13H,3-10H2,1-2H3,(H,15,17). The Hall–Kier alpha value is -0.610. The molecule has 2 rings (SSSR count). The molecule has 18 heavy (non-hydrogen) atoms. The molecule has 1 aliphatic carbocycles. The summed E-state index contributed by atoms with van der Waals surface area (Å²) in [7, 11) is 0. The van der Waals surface area contributed by atoms with Crippen LogP contribution in [0.25, 0.3) is 0 Å². The number of carbonyl (C=O) groups excluding carboxylic acids is 1. The van der Waals surface area contributed by atoms with E-state index < -0.39 is 0 Å². The molecule has 1 N–H and O–H groups in total. The van der Waals surface area contributed by atoms with Crippen LogP contribution in [0.2, 0.25) is 0 Å². The van der Waals surface area contributed by atoms with Gasteiger partial charge in [0, 0.05) is 19.1 Å². The van der Waals surface area contributed by atoms with Gasteiger partial charge in [-0.05, 0) is 25.7 Å². The third-order valence-electron chi connectivity index (χ3n) is 4.15. The predicted octanol–water partition coefficient (Wildman–Crippen LogP) is 1.40. The van der Waals surface area contributed by atoms with Gasteiger partial charge in [-0.25, -0.2) is 0 Å². The predicted molar refractivity (Wildman–Crippen MR) is 71.4 cm³/mol. The maximum atomic E-state index is 12.0. The summed E-state index contributed by atoms with van der Waals surface area (Å²) in [4.78, 5) is 14.2. The highest BCUT2D eigenvalue weighted by Gasteiger charge is 2.24. The van der Waals surface area contributed by atoms with Crippen LogP contribution in [0.4, 0.5) is 0 Å². The SMILES string of the molecule is CC1CN(CC(=O)NC2CCCCC2C)CCO1. The van der Waals surface area contributed by atoms with E-state index in [2.05, 4.69) is 24.1 Å². The van der Waals surface area contributed by atoms with Gasteiger partial charge in [0.25, 0.3) is 0 Å². The lowest BCUT2D eigenvalue weighted by Gasteiger charge is -2.33. The smallest absolute Gasteiger partial charge is 0.234 e. The Bertz CT molecular complexity index is 283. The molecular formula is C14H26N2O2. The molecule has 1 saturated heterocycles. The molecule has 104 valence electrons. The second kappa shape index (κ2) is 6.53. The van der Waals surface area contributed by atoms with Crippen molar-refractivity contribution in [1.29, 1.82) is 0 Å². The number of hydrogen-bond acceptors (Lipinski definition) is 3. The molecule has 4 heteroatoms. The molecule has 3 unspecified atom stereocenters. The van der Waals surface area contributed by atoms with Crippen LogP contribution in [-0.2, 0) is 9.53 Å². The van der Waals surface area contributed by atoms with Gasteiger partial charge in [0.05, 0.1) is 19.3 Å². The topological polar surface area (TPSA) is 41.6 Å². The van der Waals surface area contributed by atoms with Crippen molar-refractivity contribution >= 4 is 5.91 Å². The van der Waals surface area contributed by atoms with E-state index in [-0.39, 0.29) is 12.0 Å². The summed E-state index contributed by atoms with van der Waals surface area (Å²) in [6.07, 6.45) is 5.21. The van der Waals surface area contributed by atoms with Crippen LogP contribution in [0.5, 0.6) is 0 Å². The molecular weight excluding hydrogens is 228 g/mol. The molecule has 0 aromatic carbocycles. The average Bonchev–Trinajstić information content (AvgIpc) is 2.32. The number of carbonyl (C=O) groups is 1. The summed E-state index contributed by atoms with van der Waals surface area (Å²) in [5, 5.41) is 3.21. The number of nitrogens with zero attached hydrogens (tertiary/aromatic N) is 1. The Morgan fingerprint density at radius 1 is 1.33 bits per heavy atom. The minimum absolute atomic E-state index is 0.183. The third kappa shape index (κ3) is 3.95. The second-order valence-corrected chi connectivity index (χ2v) is 5.85. The Morgan fingerprint density at radius 2 is 2.11 bits per heavy atom. The first kappa shape index (κ1) is 13.8. The van der Waals surface area contributed by atoms with E-state index in [1.807, 2.05) is 0 Å². The summed E-state index contributed by atoms with van der Waals surface area (Å²) < 4.78 is 5.48. The highest BCUT2D eigenvalue weighted by atomic mass is 16.5. The zero-order valence-corrected chi connectivity index (χ0v) is 11.7. The average molecular weight is 254 g/mol. The summed E-state index contributed by atoms with van der Waals surface area (Å²) in [5.41, 5.74) is 0. The third-order valence-corrected chi connectivity index (χ3v) is 4.15. The first-order chi connectivity index (χ1) is 8.65. The molecule has 1 heterocycles. The highest BCUT2D eigenvalue weighted by Crippen LogP contribution is 2.23. The Labute approximate surface area is 110 Å². The zero-order chi connectivity index (χ0) is 13.0. The summed E-state index contributed by atoms with van der Waals surface area (Å²) in [6.45, 7) is 7.32. The number of rotatable bonds is 3. The first-order valence-corrected chi connectivity index (χ1v) is 7.28. The molecule has 0 spiro atoms. The van der Waals surface area contributed by atoms with Crippen molar-refractivity contribution in [2.24, 2.45) is 5.92 Å². The fourth-order valence-electron chi connectivity index (χ4n) is 3.02. The van der Waals surface area contributed by atoms with Gasteiger partial charge in [-0.2, -0.15) is 0 Å². The van der Waals surface area contributed by atoms with Crippen molar-refractivity contribution in [2.75, 3.05) is 26.2 Å². The summed E-state index contributed by atoms with van der Waals surface area (Å²) in [5.74, 6) is 0.814. The van der Waals surface area contributed by atoms with Gasteiger partial charge in [0.2, 0.25) is 5.91 Å². The molecule has 0 bridgehead atoms. The van der Waals surface area contributed by atoms with Gasteiger partial charge in [0.1, 0.15) is 0 Å². The fraction of sp³-hybridized carbons (Fsp3) is 0.929. The normalized spacial score (nSPS) is 34.2. The molecule has 0 aromatic rings. The van der Waals surface area contributed by atoms with E-state index in [0.717, 1.165) is 26.1 Å². The van der Waals surface area contributed by atoms with Crippen LogP contribution in [-0.4, -0.2) is 49.2 Å². The number of ether oxygens (including phenoxy) is 1. The second-order valence-electron chi connectivity index (χ2n) is 5.85. The molecule has 1 saturated carbocycles. The lowest BCUT2D eigenvalue weighted by molar-refractivity contribution is -0.125. The van der Waals surface area contributed by atoms with Crippen LogP contribution < -0.4 is 5.32 Å². The largest absolute Gasteiger partial charge is 0.376 e. The Morgan fingerprint density at radius 3 is 2.83 bits per heavy atom. The van der Waals surface area contributed by atoms with Gasteiger partial charge < -0.3 is 10.1 Å². The molecule has 2 aliphatic rings. The minimum atomic E-state index is 0.183. The Balaban J connectivity index is 1.74. The maximum Gasteiger partial charge on any atom is 0.234 e. The molecule has 3 atom stereocenters. The van der Waals surface area contributed by atoms with Crippen LogP contribution in [0.3, 0.4) is 0 Å². The van der Waals surface area contributed by atoms with E-state index in [1.54, 1.807) is 0 Å². The monoisotopic (exact) mass is 254 g/mol. The summed E-state index contributed by atoms with van der Waals surface area (Å²) in [6, 6.07) is 0.393. The van der Waals surface area contributed by atoms with Gasteiger partial charge >= 0.3 is 0 Å². The van der Waals surface area contributed by atoms with Crippen LogP contribution in [0, 0.1) is 5.92 Å².